The quantitative estimate of drug-likeness (QED) is 0.523. The average Bonchev–Trinajstić information content (AvgIpc) is 2.94. The lowest BCUT2D eigenvalue weighted by molar-refractivity contribution is 0.567. The molecule has 1 aromatic carbocycles. The summed E-state index contributed by atoms with van der Waals surface area (Å²) < 4.78 is 11.9. The largest absolute Gasteiger partial charge is 0.461 e. The van der Waals surface area contributed by atoms with Crippen LogP contribution in [0.2, 0.25) is 0 Å². The molecule has 0 atom stereocenters. The third-order valence-electron chi connectivity index (χ3n) is 4.60. The molecule has 0 bridgehead atoms. The first-order valence-corrected chi connectivity index (χ1v) is 8.36. The second-order valence-corrected chi connectivity index (χ2v) is 6.92. The monoisotopic (exact) mass is 318 g/mol. The molecule has 0 N–H and O–H groups in total. The van der Waals surface area contributed by atoms with E-state index in [1.54, 1.807) is 0 Å². The predicted octanol–water partition coefficient (Wildman–Crippen LogP) is 6.38. The molecular formula is C21H23BO2. The fourth-order valence-electron chi connectivity index (χ4n) is 2.95. The van der Waals surface area contributed by atoms with Crippen molar-refractivity contribution in [1.29, 1.82) is 0 Å². The maximum Gasteiger partial charge on any atom is 0.138 e. The summed E-state index contributed by atoms with van der Waals surface area (Å²) >= 11 is 0. The van der Waals surface area contributed by atoms with Crippen molar-refractivity contribution >= 4 is 41.9 Å². The van der Waals surface area contributed by atoms with E-state index in [0.29, 0.717) is 5.92 Å². The smallest absolute Gasteiger partial charge is 0.138 e. The Labute approximate surface area is 144 Å². The molecule has 0 spiro atoms. The van der Waals surface area contributed by atoms with Gasteiger partial charge in [-0.25, -0.2) is 0 Å². The summed E-state index contributed by atoms with van der Waals surface area (Å²) in [6, 6.07) is 4.14. The van der Waals surface area contributed by atoms with Crippen molar-refractivity contribution in [2.24, 2.45) is 5.92 Å². The van der Waals surface area contributed by atoms with E-state index >= 15 is 0 Å². The Bertz CT molecular complexity index is 977. The van der Waals surface area contributed by atoms with Gasteiger partial charge in [0.15, 0.2) is 0 Å². The van der Waals surface area contributed by atoms with E-state index in [9.17, 15) is 0 Å². The molecule has 0 unspecified atom stereocenters. The SMILES string of the molecule is [B]/C(C)=C/c1c(C)oc2cc3oc(C)c(/C=C(\C)C(C)C)c3cc12. The summed E-state index contributed by atoms with van der Waals surface area (Å²) in [5, 5.41) is 2.19. The van der Waals surface area contributed by atoms with Gasteiger partial charge in [0, 0.05) is 28.0 Å². The topological polar surface area (TPSA) is 26.3 Å². The summed E-state index contributed by atoms with van der Waals surface area (Å²) in [6.07, 6.45) is 4.20. The maximum atomic E-state index is 5.97. The van der Waals surface area contributed by atoms with Crippen LogP contribution in [0.25, 0.3) is 34.1 Å². The van der Waals surface area contributed by atoms with Gasteiger partial charge in [0.25, 0.3) is 0 Å². The van der Waals surface area contributed by atoms with Crippen LogP contribution in [0.5, 0.6) is 0 Å². The van der Waals surface area contributed by atoms with E-state index in [2.05, 4.69) is 32.9 Å². The van der Waals surface area contributed by atoms with Crippen LogP contribution >= 0.6 is 0 Å². The van der Waals surface area contributed by atoms with E-state index in [4.69, 9.17) is 16.7 Å². The van der Waals surface area contributed by atoms with Crippen molar-refractivity contribution < 1.29 is 8.83 Å². The van der Waals surface area contributed by atoms with Gasteiger partial charge in [0.2, 0.25) is 0 Å². The molecule has 0 amide bonds. The van der Waals surface area contributed by atoms with Gasteiger partial charge < -0.3 is 8.83 Å². The van der Waals surface area contributed by atoms with Crippen LogP contribution in [-0.4, -0.2) is 7.85 Å². The van der Waals surface area contributed by atoms with Crippen LogP contribution in [-0.2, 0) is 0 Å². The molecule has 0 saturated carbocycles. The highest BCUT2D eigenvalue weighted by Crippen LogP contribution is 2.36. The molecule has 0 fully saturated rings. The van der Waals surface area contributed by atoms with E-state index in [1.165, 1.54) is 5.57 Å². The lowest BCUT2D eigenvalue weighted by atomic mass is 9.94. The van der Waals surface area contributed by atoms with E-state index in [-0.39, 0.29) is 0 Å². The Kier molecular flexibility index (Phi) is 4.21. The number of furan rings is 2. The van der Waals surface area contributed by atoms with Crippen molar-refractivity contribution in [1.82, 2.24) is 0 Å². The van der Waals surface area contributed by atoms with E-state index in [1.807, 2.05) is 32.9 Å². The van der Waals surface area contributed by atoms with Gasteiger partial charge >= 0.3 is 0 Å². The van der Waals surface area contributed by atoms with Gasteiger partial charge in [-0.15, -0.1) is 5.47 Å². The first kappa shape index (κ1) is 16.7. The average molecular weight is 318 g/mol. The molecule has 2 radical (unpaired) electrons. The molecule has 0 saturated heterocycles. The van der Waals surface area contributed by atoms with Gasteiger partial charge in [-0.05, 0) is 32.8 Å². The van der Waals surface area contributed by atoms with Crippen molar-refractivity contribution in [2.75, 3.05) is 0 Å². The molecule has 3 heteroatoms. The van der Waals surface area contributed by atoms with E-state index < -0.39 is 0 Å². The summed E-state index contributed by atoms with van der Waals surface area (Å²) in [4.78, 5) is 0. The highest BCUT2D eigenvalue weighted by Gasteiger charge is 2.16. The van der Waals surface area contributed by atoms with Crippen LogP contribution in [0.1, 0.15) is 50.3 Å². The second-order valence-electron chi connectivity index (χ2n) is 6.92. The minimum absolute atomic E-state index is 0.507. The molecule has 3 aromatic rings. The highest BCUT2D eigenvalue weighted by molar-refractivity contribution is 6.24. The van der Waals surface area contributed by atoms with Crippen molar-refractivity contribution in [3.8, 4) is 0 Å². The molecule has 24 heavy (non-hydrogen) atoms. The molecule has 0 aliphatic heterocycles. The predicted molar refractivity (Wildman–Crippen MR) is 103 cm³/mol. The Morgan fingerprint density at radius 3 is 1.88 bits per heavy atom. The second kappa shape index (κ2) is 6.05. The van der Waals surface area contributed by atoms with Crippen molar-refractivity contribution in [2.45, 2.75) is 41.5 Å². The minimum atomic E-state index is 0.507. The summed E-state index contributed by atoms with van der Waals surface area (Å²) in [5.41, 5.74) is 5.98. The zero-order chi connectivity index (χ0) is 17.6. The fraction of sp³-hybridized carbons (Fsp3) is 0.333. The number of aryl methyl sites for hydroxylation is 2. The zero-order valence-corrected chi connectivity index (χ0v) is 15.3. The molecule has 3 rings (SSSR count). The third kappa shape index (κ3) is 2.84. The number of fused-ring (bicyclic) bond motifs is 2. The van der Waals surface area contributed by atoms with Gasteiger partial charge in [0.1, 0.15) is 30.5 Å². The van der Waals surface area contributed by atoms with Crippen LogP contribution in [0, 0.1) is 19.8 Å². The molecule has 0 aliphatic carbocycles. The molecule has 2 nitrogen and oxygen atoms in total. The Balaban J connectivity index is 2.32. The Hall–Kier alpha value is -2.16. The number of benzene rings is 1. The van der Waals surface area contributed by atoms with E-state index in [0.717, 1.165) is 50.1 Å². The highest BCUT2D eigenvalue weighted by atomic mass is 16.3. The Morgan fingerprint density at radius 1 is 0.917 bits per heavy atom. The van der Waals surface area contributed by atoms with Gasteiger partial charge in [-0.1, -0.05) is 38.5 Å². The van der Waals surface area contributed by atoms with Gasteiger partial charge in [-0.3, -0.25) is 0 Å². The normalized spacial score (nSPS) is 13.6. The van der Waals surface area contributed by atoms with Gasteiger partial charge in [0.05, 0.1) is 0 Å². The molecule has 122 valence electrons. The lowest BCUT2D eigenvalue weighted by Gasteiger charge is -2.04. The lowest BCUT2D eigenvalue weighted by Crippen LogP contribution is -1.88. The summed E-state index contributed by atoms with van der Waals surface area (Å²) in [6.45, 7) is 12.4. The van der Waals surface area contributed by atoms with Crippen LogP contribution in [0.15, 0.2) is 32.0 Å². The number of hydrogen-bond donors (Lipinski definition) is 0. The first-order valence-electron chi connectivity index (χ1n) is 8.36. The fourth-order valence-corrected chi connectivity index (χ4v) is 2.95. The van der Waals surface area contributed by atoms with Crippen molar-refractivity contribution in [3.63, 3.8) is 0 Å². The summed E-state index contributed by atoms with van der Waals surface area (Å²) in [5.74, 6) is 2.31. The standard InChI is InChI=1S/C21H23BO2/c1-11(2)12(3)7-16-14(5)23-20-10-21-19(9-18(16)20)17(8-13(4)22)15(6)24-21/h7-11H,1-6H3/b12-7+,13-8+. The number of allylic oxidation sites excluding steroid dienone is 2. The molecule has 2 aromatic heterocycles. The maximum absolute atomic E-state index is 5.97. The minimum Gasteiger partial charge on any atom is -0.461 e. The van der Waals surface area contributed by atoms with Gasteiger partial charge in [-0.2, -0.15) is 0 Å². The Morgan fingerprint density at radius 2 is 1.42 bits per heavy atom. The van der Waals surface area contributed by atoms with Crippen LogP contribution < -0.4 is 0 Å². The summed E-state index contributed by atoms with van der Waals surface area (Å²) in [7, 11) is 5.88. The zero-order valence-electron chi connectivity index (χ0n) is 15.3. The van der Waals surface area contributed by atoms with Crippen LogP contribution in [0.4, 0.5) is 0 Å². The number of hydrogen-bond acceptors (Lipinski definition) is 2. The van der Waals surface area contributed by atoms with Crippen LogP contribution in [0.3, 0.4) is 0 Å². The molecule has 0 aliphatic rings. The third-order valence-corrected chi connectivity index (χ3v) is 4.60. The van der Waals surface area contributed by atoms with Crippen molar-refractivity contribution in [3.05, 3.63) is 45.8 Å². The number of rotatable bonds is 3. The molecule has 2 heterocycles. The molecular weight excluding hydrogens is 295 g/mol. The first-order chi connectivity index (χ1) is 11.3.